The molecule has 0 aromatic heterocycles. The van der Waals surface area contributed by atoms with Crippen molar-refractivity contribution in [1.29, 1.82) is 0 Å². The topological polar surface area (TPSA) is 57.2 Å². The minimum absolute atomic E-state index is 0.0449. The zero-order valence-electron chi connectivity index (χ0n) is 20.7. The Labute approximate surface area is 212 Å². The third-order valence-corrected chi connectivity index (χ3v) is 7.66. The lowest BCUT2D eigenvalue weighted by atomic mass is 9.95. The third kappa shape index (κ3) is 8.90. The maximum atomic E-state index is 13.2. The maximum absolute atomic E-state index is 13.2. The largest absolute Gasteiger partial charge is 0.370 e. The van der Waals surface area contributed by atoms with Gasteiger partial charge in [-0.2, -0.15) is 0 Å². The minimum Gasteiger partial charge on any atom is -0.370 e. The lowest BCUT2D eigenvalue weighted by Crippen LogP contribution is -2.42. The average molecular weight is 530 g/mol. The Bertz CT molecular complexity index is 753. The molecule has 1 aliphatic rings. The summed E-state index contributed by atoms with van der Waals surface area (Å²) in [5.74, 6) is -0.0910. The molecule has 0 aliphatic carbocycles. The lowest BCUT2D eigenvalue weighted by Gasteiger charge is -2.33. The monoisotopic (exact) mass is 529 g/mol. The number of ether oxygens (including phenoxy) is 1. The number of hydrogen-bond acceptors (Lipinski definition) is 5. The van der Waals surface area contributed by atoms with E-state index in [4.69, 9.17) is 18.3 Å². The Morgan fingerprint density at radius 1 is 1.18 bits per heavy atom. The second kappa shape index (κ2) is 15.6. The Balaban J connectivity index is 1.85. The first-order valence-corrected chi connectivity index (χ1v) is 13.4. The molecule has 0 radical (unpaired) electrons. The van der Waals surface area contributed by atoms with Crippen LogP contribution in [-0.2, 0) is 23.1 Å². The van der Waals surface area contributed by atoms with Crippen LogP contribution in [-0.4, -0.2) is 48.8 Å². The molecule has 1 saturated heterocycles. The molecule has 1 aromatic carbocycles. The molecule has 34 heavy (non-hydrogen) atoms. The lowest BCUT2D eigenvalue weighted by molar-refractivity contribution is -0.138. The van der Waals surface area contributed by atoms with Gasteiger partial charge in [0.05, 0.1) is 31.0 Å². The van der Waals surface area contributed by atoms with Crippen LogP contribution in [0.5, 0.6) is 0 Å². The molecule has 1 aliphatic heterocycles. The van der Waals surface area contributed by atoms with Crippen LogP contribution in [0.2, 0.25) is 0 Å². The Morgan fingerprint density at radius 2 is 1.88 bits per heavy atom. The summed E-state index contributed by atoms with van der Waals surface area (Å²) in [6.45, 7) is 8.92. The van der Waals surface area contributed by atoms with E-state index >= 15 is 0 Å². The van der Waals surface area contributed by atoms with Gasteiger partial charge in [0.25, 0.3) is 0 Å². The Morgan fingerprint density at radius 3 is 2.50 bits per heavy atom. The summed E-state index contributed by atoms with van der Waals surface area (Å²) in [7, 11) is 8.84. The maximum Gasteiger partial charge on any atom is 0.225 e. The number of benzene rings is 1. The first kappa shape index (κ1) is 29.8. The number of nitrogens with zero attached hydrogens (tertiary/aromatic N) is 1. The second-order valence-electron chi connectivity index (χ2n) is 9.25. The number of likely N-dealkylation sites (N-methyl/N-ethyl adjacent to an activating group) is 1. The van der Waals surface area contributed by atoms with E-state index in [1.165, 1.54) is 0 Å². The van der Waals surface area contributed by atoms with E-state index in [-0.39, 0.29) is 42.3 Å². The van der Waals surface area contributed by atoms with E-state index in [2.05, 4.69) is 35.0 Å². The normalized spacial score (nSPS) is 21.8. The fourth-order valence-electron chi connectivity index (χ4n) is 4.58. The number of carbonyl (C=O) groups excluding carboxylic acids is 1. The summed E-state index contributed by atoms with van der Waals surface area (Å²) in [5.41, 5.74) is 2.20. The number of amides is 1. The van der Waals surface area contributed by atoms with Crippen molar-refractivity contribution in [1.82, 2.24) is 4.90 Å². The smallest absolute Gasteiger partial charge is 0.225 e. The summed E-state index contributed by atoms with van der Waals surface area (Å²) in [6.07, 6.45) is 5.18. The van der Waals surface area contributed by atoms with Gasteiger partial charge in [-0.3, -0.25) is 4.79 Å². The van der Waals surface area contributed by atoms with E-state index in [0.717, 1.165) is 49.8 Å². The standard InChI is InChI=1S/C25H42NO5P3/c1-17-15-21(11-8-14-28-32)29-23(17)13-12-22(30-33)16-18(2)25(27)26(4)19(3)24(31-34)20-9-6-5-7-10-20/h5-7,9-10,18-19,21-24H,1,8,11-16,32-34H2,2-4H3/t18-,19-,21+,22-,23+,24+/m1/s1. The van der Waals surface area contributed by atoms with Crippen molar-refractivity contribution in [3.63, 3.8) is 0 Å². The number of rotatable bonds is 15. The second-order valence-corrected chi connectivity index (χ2v) is 10.1. The van der Waals surface area contributed by atoms with Crippen molar-refractivity contribution >= 4 is 34.3 Å². The van der Waals surface area contributed by atoms with Crippen molar-refractivity contribution in [2.75, 3.05) is 13.7 Å². The Kier molecular flexibility index (Phi) is 13.7. The van der Waals surface area contributed by atoms with Crippen LogP contribution >= 0.6 is 28.4 Å². The molecule has 0 saturated carbocycles. The summed E-state index contributed by atoms with van der Waals surface area (Å²) in [6, 6.07) is 9.85. The van der Waals surface area contributed by atoms with Gasteiger partial charge in [0, 0.05) is 41.4 Å². The van der Waals surface area contributed by atoms with Crippen LogP contribution in [0.3, 0.4) is 0 Å². The van der Waals surface area contributed by atoms with Crippen LogP contribution in [0.25, 0.3) is 0 Å². The highest BCUT2D eigenvalue weighted by atomic mass is 31.0. The van der Waals surface area contributed by atoms with Crippen LogP contribution in [0.4, 0.5) is 0 Å². The van der Waals surface area contributed by atoms with Gasteiger partial charge in [-0.05, 0) is 56.6 Å². The molecule has 0 N–H and O–H groups in total. The molecule has 2 rings (SSSR count). The van der Waals surface area contributed by atoms with Gasteiger partial charge in [-0.15, -0.1) is 0 Å². The van der Waals surface area contributed by atoms with Gasteiger partial charge in [-0.1, -0.05) is 43.8 Å². The minimum atomic E-state index is -0.220. The van der Waals surface area contributed by atoms with Crippen LogP contribution in [0.15, 0.2) is 42.5 Å². The Hall–Kier alpha value is -0.440. The van der Waals surface area contributed by atoms with Crippen molar-refractivity contribution in [3.8, 4) is 0 Å². The molecule has 0 bridgehead atoms. The number of carbonyl (C=O) groups is 1. The summed E-state index contributed by atoms with van der Waals surface area (Å²) >= 11 is 0. The van der Waals surface area contributed by atoms with Gasteiger partial charge in [0.2, 0.25) is 5.91 Å². The fourth-order valence-corrected chi connectivity index (χ4v) is 5.37. The highest BCUT2D eigenvalue weighted by molar-refractivity contribution is 7.10. The molecule has 3 unspecified atom stereocenters. The van der Waals surface area contributed by atoms with Gasteiger partial charge >= 0.3 is 0 Å². The van der Waals surface area contributed by atoms with Crippen LogP contribution in [0, 0.1) is 5.92 Å². The fraction of sp³-hybridized carbons (Fsp3) is 0.640. The molecule has 1 heterocycles. The van der Waals surface area contributed by atoms with E-state index in [1.807, 2.05) is 51.2 Å². The predicted molar refractivity (Wildman–Crippen MR) is 147 cm³/mol. The zero-order valence-corrected chi connectivity index (χ0v) is 24.2. The molecule has 1 fully saturated rings. The SMILES string of the molecule is C=C1C[C@H](CCCOP)O[C@H]1CC[C@H](C[C@@H](C)C(=O)N(C)[C@H](C)[C@H](OP)c1ccccc1)OP. The molecule has 1 amide bonds. The van der Waals surface area contributed by atoms with E-state index in [1.54, 1.807) is 4.90 Å². The molecular formula is C25H42NO5P3. The van der Waals surface area contributed by atoms with E-state index < -0.39 is 0 Å². The van der Waals surface area contributed by atoms with Gasteiger partial charge in [0.1, 0.15) is 6.10 Å². The van der Waals surface area contributed by atoms with E-state index in [9.17, 15) is 4.79 Å². The van der Waals surface area contributed by atoms with Crippen molar-refractivity contribution in [2.45, 2.75) is 82.8 Å². The highest BCUT2D eigenvalue weighted by Gasteiger charge is 2.31. The third-order valence-electron chi connectivity index (χ3n) is 6.74. The van der Waals surface area contributed by atoms with Gasteiger partial charge in [0.15, 0.2) is 0 Å². The van der Waals surface area contributed by atoms with Crippen molar-refractivity contribution in [2.24, 2.45) is 5.92 Å². The number of hydrogen-bond donors (Lipinski definition) is 0. The van der Waals surface area contributed by atoms with Crippen LogP contribution in [0.1, 0.15) is 64.0 Å². The molecular weight excluding hydrogens is 487 g/mol. The summed E-state index contributed by atoms with van der Waals surface area (Å²) < 4.78 is 22.6. The molecule has 1 aromatic rings. The summed E-state index contributed by atoms with van der Waals surface area (Å²) in [5, 5.41) is 0. The quantitative estimate of drug-likeness (QED) is 0.167. The first-order valence-electron chi connectivity index (χ1n) is 12.0. The van der Waals surface area contributed by atoms with E-state index in [0.29, 0.717) is 6.42 Å². The molecule has 9 atom stereocenters. The first-order chi connectivity index (χ1) is 16.3. The predicted octanol–water partition coefficient (Wildman–Crippen LogP) is 5.66. The molecule has 192 valence electrons. The van der Waals surface area contributed by atoms with Crippen molar-refractivity contribution < 1.29 is 23.1 Å². The molecule has 6 nitrogen and oxygen atoms in total. The van der Waals surface area contributed by atoms with Gasteiger partial charge < -0.3 is 23.2 Å². The van der Waals surface area contributed by atoms with Crippen molar-refractivity contribution in [3.05, 3.63) is 48.0 Å². The average Bonchev–Trinajstić information content (AvgIpc) is 3.20. The molecule has 9 heteroatoms. The zero-order chi connectivity index (χ0) is 25.1. The van der Waals surface area contributed by atoms with Gasteiger partial charge in [-0.25, -0.2) is 0 Å². The highest BCUT2D eigenvalue weighted by Crippen LogP contribution is 2.32. The summed E-state index contributed by atoms with van der Waals surface area (Å²) in [4.78, 5) is 15.0. The van der Waals surface area contributed by atoms with Crippen LogP contribution < -0.4 is 0 Å². The molecule has 0 spiro atoms.